The van der Waals surface area contributed by atoms with Crippen LogP contribution >= 0.6 is 0 Å². The average Bonchev–Trinajstić information content (AvgIpc) is 2.38. The Morgan fingerprint density at radius 1 is 1.26 bits per heavy atom. The number of piperazine rings is 1. The van der Waals surface area contributed by atoms with Crippen molar-refractivity contribution in [3.05, 3.63) is 34.9 Å². The number of aryl methyl sites for hydroxylation is 1. The van der Waals surface area contributed by atoms with E-state index in [1.165, 1.54) is 19.1 Å². The standard InChI is InChI=1S/C13H15F3N2O/c1-9-2-3-10(8-11(9)13(14,15)16)12(19)18-6-4-17-5-7-18/h2-3,8,17H,4-7H2,1H3. The first-order valence-electron chi connectivity index (χ1n) is 6.07. The molecule has 0 unspecified atom stereocenters. The summed E-state index contributed by atoms with van der Waals surface area (Å²) in [4.78, 5) is 13.7. The highest BCUT2D eigenvalue weighted by Gasteiger charge is 2.33. The lowest BCUT2D eigenvalue weighted by Crippen LogP contribution is -2.46. The van der Waals surface area contributed by atoms with Crippen molar-refractivity contribution in [1.29, 1.82) is 0 Å². The van der Waals surface area contributed by atoms with Gasteiger partial charge in [0, 0.05) is 31.7 Å². The number of amides is 1. The Morgan fingerprint density at radius 3 is 2.47 bits per heavy atom. The summed E-state index contributed by atoms with van der Waals surface area (Å²) in [7, 11) is 0. The van der Waals surface area contributed by atoms with E-state index in [0.29, 0.717) is 26.2 Å². The van der Waals surface area contributed by atoms with Crippen LogP contribution in [0.15, 0.2) is 18.2 Å². The summed E-state index contributed by atoms with van der Waals surface area (Å²) in [5.41, 5.74) is -0.516. The molecule has 0 aromatic heterocycles. The van der Waals surface area contributed by atoms with Gasteiger partial charge in [0.15, 0.2) is 0 Å². The highest BCUT2D eigenvalue weighted by molar-refractivity contribution is 5.94. The molecule has 104 valence electrons. The summed E-state index contributed by atoms with van der Waals surface area (Å²) < 4.78 is 38.4. The third kappa shape index (κ3) is 3.07. The highest BCUT2D eigenvalue weighted by Crippen LogP contribution is 2.32. The zero-order valence-electron chi connectivity index (χ0n) is 10.5. The second kappa shape index (κ2) is 5.21. The molecular weight excluding hydrogens is 257 g/mol. The molecule has 0 atom stereocenters. The quantitative estimate of drug-likeness (QED) is 0.848. The fourth-order valence-electron chi connectivity index (χ4n) is 2.11. The Labute approximate surface area is 109 Å². The lowest BCUT2D eigenvalue weighted by atomic mass is 10.0. The molecule has 1 aliphatic heterocycles. The molecule has 1 N–H and O–H groups in total. The largest absolute Gasteiger partial charge is 0.416 e. The Kier molecular flexibility index (Phi) is 3.80. The normalized spacial score (nSPS) is 16.5. The van der Waals surface area contributed by atoms with Crippen LogP contribution in [-0.4, -0.2) is 37.0 Å². The van der Waals surface area contributed by atoms with Gasteiger partial charge in [0.2, 0.25) is 0 Å². The van der Waals surface area contributed by atoms with Crippen LogP contribution in [0.2, 0.25) is 0 Å². The molecule has 0 aliphatic carbocycles. The van der Waals surface area contributed by atoms with Crippen molar-refractivity contribution >= 4 is 5.91 Å². The van der Waals surface area contributed by atoms with Gasteiger partial charge < -0.3 is 10.2 Å². The van der Waals surface area contributed by atoms with Crippen LogP contribution < -0.4 is 5.32 Å². The summed E-state index contributed by atoms with van der Waals surface area (Å²) in [6.45, 7) is 3.78. The maximum absolute atomic E-state index is 12.8. The molecule has 0 radical (unpaired) electrons. The number of rotatable bonds is 1. The molecular formula is C13H15F3N2O. The van der Waals surface area contributed by atoms with Gasteiger partial charge >= 0.3 is 6.18 Å². The van der Waals surface area contributed by atoms with Crippen molar-refractivity contribution < 1.29 is 18.0 Å². The van der Waals surface area contributed by atoms with Crippen molar-refractivity contribution in [2.45, 2.75) is 13.1 Å². The second-order valence-electron chi connectivity index (χ2n) is 4.57. The first kappa shape index (κ1) is 13.9. The van der Waals surface area contributed by atoms with Crippen molar-refractivity contribution in [1.82, 2.24) is 10.2 Å². The number of alkyl halides is 3. The molecule has 1 aromatic carbocycles. The molecule has 6 heteroatoms. The monoisotopic (exact) mass is 272 g/mol. The predicted molar refractivity (Wildman–Crippen MR) is 65.0 cm³/mol. The van der Waals surface area contributed by atoms with Crippen LogP contribution in [0.5, 0.6) is 0 Å². The van der Waals surface area contributed by atoms with Crippen LogP contribution in [0.4, 0.5) is 13.2 Å². The van der Waals surface area contributed by atoms with E-state index in [0.717, 1.165) is 6.07 Å². The van der Waals surface area contributed by atoms with E-state index in [-0.39, 0.29) is 17.0 Å². The van der Waals surface area contributed by atoms with E-state index in [4.69, 9.17) is 0 Å². The number of nitrogens with one attached hydrogen (secondary N) is 1. The third-order valence-corrected chi connectivity index (χ3v) is 3.19. The van der Waals surface area contributed by atoms with Crippen molar-refractivity contribution in [2.24, 2.45) is 0 Å². The maximum atomic E-state index is 12.8. The fraction of sp³-hybridized carbons (Fsp3) is 0.462. The number of hydrogen-bond acceptors (Lipinski definition) is 2. The lowest BCUT2D eigenvalue weighted by molar-refractivity contribution is -0.138. The van der Waals surface area contributed by atoms with Crippen LogP contribution in [0.3, 0.4) is 0 Å². The minimum absolute atomic E-state index is 0.0971. The number of halogens is 3. The van der Waals surface area contributed by atoms with Crippen LogP contribution in [0.25, 0.3) is 0 Å². The Bertz CT molecular complexity index is 479. The molecule has 1 amide bonds. The predicted octanol–water partition coefficient (Wildman–Crippen LogP) is 2.06. The van der Waals surface area contributed by atoms with Gasteiger partial charge in [-0.3, -0.25) is 4.79 Å². The van der Waals surface area contributed by atoms with Crippen LogP contribution in [0, 0.1) is 6.92 Å². The van der Waals surface area contributed by atoms with Gasteiger partial charge in [0.25, 0.3) is 5.91 Å². The van der Waals surface area contributed by atoms with E-state index in [1.807, 2.05) is 0 Å². The first-order valence-corrected chi connectivity index (χ1v) is 6.07. The first-order chi connectivity index (χ1) is 8.89. The molecule has 1 aromatic rings. The van der Waals surface area contributed by atoms with Crippen molar-refractivity contribution in [2.75, 3.05) is 26.2 Å². The maximum Gasteiger partial charge on any atom is 0.416 e. The number of nitrogens with zero attached hydrogens (tertiary/aromatic N) is 1. The molecule has 3 nitrogen and oxygen atoms in total. The summed E-state index contributed by atoms with van der Waals surface area (Å²) in [5.74, 6) is -0.341. The summed E-state index contributed by atoms with van der Waals surface area (Å²) in [6.07, 6.45) is -4.43. The average molecular weight is 272 g/mol. The molecule has 2 rings (SSSR count). The van der Waals surface area contributed by atoms with Crippen LogP contribution in [-0.2, 0) is 6.18 Å². The van der Waals surface area contributed by atoms with Gasteiger partial charge in [-0.2, -0.15) is 13.2 Å². The highest BCUT2D eigenvalue weighted by atomic mass is 19.4. The Balaban J connectivity index is 2.27. The number of carbonyl (C=O) groups excluding carboxylic acids is 1. The number of carbonyl (C=O) groups is 1. The molecule has 19 heavy (non-hydrogen) atoms. The Morgan fingerprint density at radius 2 is 1.89 bits per heavy atom. The van der Waals surface area contributed by atoms with Crippen LogP contribution in [0.1, 0.15) is 21.5 Å². The Hall–Kier alpha value is -1.56. The molecule has 1 aliphatic rings. The summed E-state index contributed by atoms with van der Waals surface area (Å²) in [5, 5.41) is 3.09. The van der Waals surface area contributed by atoms with Gasteiger partial charge in [0.05, 0.1) is 5.56 Å². The van der Waals surface area contributed by atoms with Crippen molar-refractivity contribution in [3.63, 3.8) is 0 Å². The molecule has 0 spiro atoms. The molecule has 0 bridgehead atoms. The smallest absolute Gasteiger partial charge is 0.336 e. The zero-order valence-corrected chi connectivity index (χ0v) is 10.5. The molecule has 0 saturated carbocycles. The fourth-order valence-corrected chi connectivity index (χ4v) is 2.11. The van der Waals surface area contributed by atoms with Gasteiger partial charge in [-0.05, 0) is 24.6 Å². The van der Waals surface area contributed by atoms with Crippen molar-refractivity contribution in [3.8, 4) is 0 Å². The zero-order chi connectivity index (χ0) is 14.0. The molecule has 1 fully saturated rings. The number of hydrogen-bond donors (Lipinski definition) is 1. The minimum atomic E-state index is -4.43. The third-order valence-electron chi connectivity index (χ3n) is 3.19. The molecule has 1 saturated heterocycles. The van der Waals surface area contributed by atoms with E-state index in [2.05, 4.69) is 5.32 Å². The van der Waals surface area contributed by atoms with E-state index in [9.17, 15) is 18.0 Å². The van der Waals surface area contributed by atoms with Gasteiger partial charge in [-0.1, -0.05) is 6.07 Å². The van der Waals surface area contributed by atoms with Gasteiger partial charge in [-0.25, -0.2) is 0 Å². The topological polar surface area (TPSA) is 32.3 Å². The van der Waals surface area contributed by atoms with E-state index >= 15 is 0 Å². The molecule has 1 heterocycles. The van der Waals surface area contributed by atoms with E-state index in [1.54, 1.807) is 4.90 Å². The minimum Gasteiger partial charge on any atom is -0.336 e. The van der Waals surface area contributed by atoms with E-state index < -0.39 is 11.7 Å². The number of benzene rings is 1. The summed E-state index contributed by atoms with van der Waals surface area (Å²) in [6, 6.07) is 3.74. The lowest BCUT2D eigenvalue weighted by Gasteiger charge is -2.27. The second-order valence-corrected chi connectivity index (χ2v) is 4.57. The SMILES string of the molecule is Cc1ccc(C(=O)N2CCNCC2)cc1C(F)(F)F. The summed E-state index contributed by atoms with van der Waals surface area (Å²) >= 11 is 0. The van der Waals surface area contributed by atoms with Gasteiger partial charge in [0.1, 0.15) is 0 Å². The van der Waals surface area contributed by atoms with Gasteiger partial charge in [-0.15, -0.1) is 0 Å².